The van der Waals surface area contributed by atoms with Gasteiger partial charge < -0.3 is 4.74 Å². The van der Waals surface area contributed by atoms with Gasteiger partial charge in [-0.15, -0.1) is 0 Å². The molecule has 0 spiro atoms. The Balaban J connectivity index is 1.54. The molecule has 1 saturated heterocycles. The van der Waals surface area contributed by atoms with Gasteiger partial charge in [0.05, 0.1) is 13.1 Å². The number of benzene rings is 3. The summed E-state index contributed by atoms with van der Waals surface area (Å²) in [5.74, 6) is -0.135. The summed E-state index contributed by atoms with van der Waals surface area (Å²) in [5.41, 5.74) is 2.41. The van der Waals surface area contributed by atoms with Crippen molar-refractivity contribution in [3.05, 3.63) is 102 Å². The number of ketones is 1. The lowest BCUT2D eigenvalue weighted by Crippen LogP contribution is -2.39. The molecule has 1 heterocycles. The van der Waals surface area contributed by atoms with Crippen molar-refractivity contribution in [2.24, 2.45) is 5.92 Å². The summed E-state index contributed by atoms with van der Waals surface area (Å²) in [7, 11) is 0. The molecule has 0 N–H and O–H groups in total. The summed E-state index contributed by atoms with van der Waals surface area (Å²) in [6, 6.07) is 25.7. The smallest absolute Gasteiger partial charge is 0.292 e. The summed E-state index contributed by atoms with van der Waals surface area (Å²) in [4.78, 5) is 38.9. The number of amides is 2. The van der Waals surface area contributed by atoms with Gasteiger partial charge in [0.25, 0.3) is 17.9 Å². The number of hydrogen-bond acceptors (Lipinski definition) is 4. The van der Waals surface area contributed by atoms with E-state index < -0.39 is 17.9 Å². The van der Waals surface area contributed by atoms with Crippen molar-refractivity contribution in [1.29, 1.82) is 0 Å². The largest absolute Gasteiger partial charge is 0.470 e. The number of rotatable bonds is 9. The molecule has 1 aliphatic rings. The highest BCUT2D eigenvalue weighted by atomic mass is 16.5. The quantitative estimate of drug-likeness (QED) is 0.347. The minimum absolute atomic E-state index is 0.0534. The van der Waals surface area contributed by atoms with Crippen LogP contribution in [0.2, 0.25) is 0 Å². The Morgan fingerprint density at radius 3 is 1.68 bits per heavy atom. The molecule has 1 fully saturated rings. The fraction of sp³-hybridized carbons (Fsp3) is 0.250. The lowest BCUT2D eigenvalue weighted by atomic mass is 10.0. The van der Waals surface area contributed by atoms with Crippen LogP contribution in [0.1, 0.15) is 41.8 Å². The Kier molecular flexibility index (Phi) is 7.07. The van der Waals surface area contributed by atoms with Gasteiger partial charge in [0, 0.05) is 12.0 Å². The van der Waals surface area contributed by atoms with E-state index in [2.05, 4.69) is 0 Å². The molecule has 174 valence electrons. The Hall–Kier alpha value is -3.93. The zero-order chi connectivity index (χ0) is 24.1. The molecule has 0 aromatic heterocycles. The summed E-state index contributed by atoms with van der Waals surface area (Å²) >= 11 is 0. The van der Waals surface area contributed by atoms with E-state index >= 15 is 0 Å². The van der Waals surface area contributed by atoms with E-state index in [1.54, 1.807) is 24.3 Å². The van der Waals surface area contributed by atoms with Crippen molar-refractivity contribution in [1.82, 2.24) is 10.0 Å². The minimum atomic E-state index is -1.27. The van der Waals surface area contributed by atoms with Crippen LogP contribution in [-0.4, -0.2) is 33.7 Å². The van der Waals surface area contributed by atoms with Crippen LogP contribution < -0.4 is 4.74 Å². The van der Waals surface area contributed by atoms with Gasteiger partial charge in [-0.3, -0.25) is 14.4 Å². The summed E-state index contributed by atoms with van der Waals surface area (Å²) in [6.07, 6.45) is -0.812. The predicted molar refractivity (Wildman–Crippen MR) is 129 cm³/mol. The van der Waals surface area contributed by atoms with Crippen LogP contribution in [0, 0.1) is 5.92 Å². The SMILES string of the molecule is CC(C)CC(=O)c1ccc(OC2C(=O)N(Cc3ccccc3)N(Cc3ccccc3)C2=O)cc1. The molecular weight excluding hydrogens is 428 g/mol. The lowest BCUT2D eigenvalue weighted by molar-refractivity contribution is -0.149. The van der Waals surface area contributed by atoms with Gasteiger partial charge in [-0.25, -0.2) is 10.0 Å². The zero-order valence-corrected chi connectivity index (χ0v) is 19.4. The first-order chi connectivity index (χ1) is 16.4. The first-order valence-electron chi connectivity index (χ1n) is 11.4. The average molecular weight is 457 g/mol. The Labute approximate surface area is 199 Å². The highest BCUT2D eigenvalue weighted by molar-refractivity contribution is 6.08. The molecule has 0 atom stereocenters. The monoisotopic (exact) mass is 456 g/mol. The predicted octanol–water partition coefficient (Wildman–Crippen LogP) is 4.65. The fourth-order valence-electron chi connectivity index (χ4n) is 3.90. The maximum Gasteiger partial charge on any atom is 0.292 e. The highest BCUT2D eigenvalue weighted by Crippen LogP contribution is 2.25. The van der Waals surface area contributed by atoms with Crippen LogP contribution >= 0.6 is 0 Å². The highest BCUT2D eigenvalue weighted by Gasteiger charge is 2.47. The fourth-order valence-corrected chi connectivity index (χ4v) is 3.90. The van der Waals surface area contributed by atoms with Gasteiger partial charge in [0.15, 0.2) is 5.78 Å². The average Bonchev–Trinajstić information content (AvgIpc) is 3.04. The third-order valence-electron chi connectivity index (χ3n) is 5.62. The topological polar surface area (TPSA) is 66.9 Å². The number of ether oxygens (including phenoxy) is 1. The van der Waals surface area contributed by atoms with Crippen LogP contribution in [0.5, 0.6) is 5.75 Å². The number of carbonyl (C=O) groups is 3. The van der Waals surface area contributed by atoms with Crippen molar-refractivity contribution in [3.8, 4) is 5.75 Å². The molecule has 0 unspecified atom stereocenters. The first-order valence-corrected chi connectivity index (χ1v) is 11.4. The molecule has 3 aromatic rings. The number of carbonyl (C=O) groups excluding carboxylic acids is 3. The van der Waals surface area contributed by atoms with Gasteiger partial charge >= 0.3 is 0 Å². The van der Waals surface area contributed by atoms with Crippen molar-refractivity contribution in [2.45, 2.75) is 39.5 Å². The maximum atomic E-state index is 13.3. The Morgan fingerprint density at radius 2 is 1.24 bits per heavy atom. The lowest BCUT2D eigenvalue weighted by Gasteiger charge is -2.27. The van der Waals surface area contributed by atoms with Crippen LogP contribution in [0.15, 0.2) is 84.9 Å². The molecule has 6 nitrogen and oxygen atoms in total. The molecule has 0 aliphatic carbocycles. The van der Waals surface area contributed by atoms with Gasteiger partial charge in [-0.2, -0.15) is 0 Å². The van der Waals surface area contributed by atoms with Crippen molar-refractivity contribution < 1.29 is 19.1 Å². The number of hydrazine groups is 1. The van der Waals surface area contributed by atoms with E-state index in [0.29, 0.717) is 17.7 Å². The molecular formula is C28H28N2O4. The van der Waals surface area contributed by atoms with Crippen molar-refractivity contribution in [3.63, 3.8) is 0 Å². The molecule has 34 heavy (non-hydrogen) atoms. The molecule has 0 radical (unpaired) electrons. The second-order valence-electron chi connectivity index (χ2n) is 8.81. The van der Waals surface area contributed by atoms with Crippen LogP contribution in [0.4, 0.5) is 0 Å². The summed E-state index contributed by atoms with van der Waals surface area (Å²) in [6.45, 7) is 4.52. The number of nitrogens with zero attached hydrogens (tertiary/aromatic N) is 2. The molecule has 2 amide bonds. The molecule has 3 aromatic carbocycles. The normalized spacial score (nSPS) is 14.2. The van der Waals surface area contributed by atoms with Gasteiger partial charge in [0.1, 0.15) is 5.75 Å². The summed E-state index contributed by atoms with van der Waals surface area (Å²) in [5, 5.41) is 2.91. The van der Waals surface area contributed by atoms with Crippen LogP contribution in [0.3, 0.4) is 0 Å². The minimum Gasteiger partial charge on any atom is -0.470 e. The Bertz CT molecular complexity index is 1080. The molecule has 4 rings (SSSR count). The zero-order valence-electron chi connectivity index (χ0n) is 19.4. The molecule has 0 bridgehead atoms. The van der Waals surface area contributed by atoms with Gasteiger partial charge in [-0.05, 0) is 41.3 Å². The van der Waals surface area contributed by atoms with E-state index in [9.17, 15) is 14.4 Å². The van der Waals surface area contributed by atoms with E-state index in [1.165, 1.54) is 10.0 Å². The maximum absolute atomic E-state index is 13.3. The van der Waals surface area contributed by atoms with E-state index in [4.69, 9.17) is 4.74 Å². The van der Waals surface area contributed by atoms with Gasteiger partial charge in [-0.1, -0.05) is 74.5 Å². The molecule has 6 heteroatoms. The molecule has 0 saturated carbocycles. The van der Waals surface area contributed by atoms with E-state index in [0.717, 1.165) is 11.1 Å². The third-order valence-corrected chi connectivity index (χ3v) is 5.62. The second kappa shape index (κ2) is 10.3. The standard InChI is InChI=1S/C28H28N2O4/c1-20(2)17-25(31)23-13-15-24(16-14-23)34-26-27(32)29(18-21-9-5-3-6-10-21)30(28(26)33)19-22-11-7-4-8-12-22/h3-16,20,26H,17-19H2,1-2H3. The third kappa shape index (κ3) is 5.34. The van der Waals surface area contributed by atoms with Crippen molar-refractivity contribution in [2.75, 3.05) is 0 Å². The van der Waals surface area contributed by atoms with Crippen LogP contribution in [-0.2, 0) is 22.7 Å². The molecule has 1 aliphatic heterocycles. The van der Waals surface area contributed by atoms with E-state index in [1.807, 2.05) is 74.5 Å². The van der Waals surface area contributed by atoms with E-state index in [-0.39, 0.29) is 24.8 Å². The second-order valence-corrected chi connectivity index (χ2v) is 8.81. The van der Waals surface area contributed by atoms with Crippen LogP contribution in [0.25, 0.3) is 0 Å². The number of Topliss-reactive ketones (excluding diaryl/α,β-unsaturated/α-hetero) is 1. The number of hydrogen-bond donors (Lipinski definition) is 0. The Morgan fingerprint density at radius 1 is 0.765 bits per heavy atom. The van der Waals surface area contributed by atoms with Crippen molar-refractivity contribution >= 4 is 17.6 Å². The first kappa shape index (κ1) is 23.2. The summed E-state index contributed by atoms with van der Waals surface area (Å²) < 4.78 is 5.86. The van der Waals surface area contributed by atoms with Gasteiger partial charge in [0.2, 0.25) is 0 Å².